The number of aromatic amines is 1. The van der Waals surface area contributed by atoms with Gasteiger partial charge in [-0.05, 0) is 13.0 Å². The number of carbonyl (C=O) groups is 1. The van der Waals surface area contributed by atoms with E-state index in [1.54, 1.807) is 31.2 Å². The Hall–Kier alpha value is -3.39. The van der Waals surface area contributed by atoms with E-state index in [0.717, 1.165) is 0 Å². The molecule has 0 unspecified atom stereocenters. The standard InChI is InChI=1S/C19H15ClFN5O2/c1-8-16-19(26-25-8)23-11-7-12(28-2)15(21)14(18(22)27)13(11)17(24-16)9-5-3-4-6-10(9)20/h3-7H,1-2H3,(H2,22,27)(H2,23,25,26). The molecule has 1 aliphatic rings. The third-order valence-corrected chi connectivity index (χ3v) is 4.78. The Morgan fingerprint density at radius 2 is 2.07 bits per heavy atom. The molecule has 1 aromatic heterocycles. The number of hydrogen-bond donors (Lipinski definition) is 3. The molecule has 2 aromatic carbocycles. The average molecular weight is 400 g/mol. The number of H-pyrrole nitrogens is 1. The number of ether oxygens (including phenoxy) is 1. The number of nitrogens with zero attached hydrogens (tertiary/aromatic N) is 2. The first-order valence-electron chi connectivity index (χ1n) is 8.28. The number of aromatic nitrogens is 2. The van der Waals surface area contributed by atoms with Crippen molar-refractivity contribution in [3.05, 3.63) is 63.6 Å². The van der Waals surface area contributed by atoms with Gasteiger partial charge in [-0.15, -0.1) is 0 Å². The number of primary amides is 1. The molecule has 1 amide bonds. The molecule has 7 nitrogen and oxygen atoms in total. The Balaban J connectivity index is 2.15. The van der Waals surface area contributed by atoms with Gasteiger partial charge in [0.25, 0.3) is 5.91 Å². The molecule has 0 saturated carbocycles. The summed E-state index contributed by atoms with van der Waals surface area (Å²) in [5, 5.41) is 10.5. The number of aliphatic imine (C=N–C) groups is 1. The maximum absolute atomic E-state index is 15.0. The second-order valence-electron chi connectivity index (χ2n) is 6.17. The molecule has 0 bridgehead atoms. The summed E-state index contributed by atoms with van der Waals surface area (Å²) in [6.07, 6.45) is 0. The lowest BCUT2D eigenvalue weighted by Crippen LogP contribution is -2.21. The predicted octanol–water partition coefficient (Wildman–Crippen LogP) is 3.84. The molecule has 0 fully saturated rings. The number of nitrogens with two attached hydrogens (primary N) is 1. The van der Waals surface area contributed by atoms with Crippen LogP contribution in [0.1, 0.15) is 27.2 Å². The van der Waals surface area contributed by atoms with Crippen molar-refractivity contribution >= 4 is 40.4 Å². The molecule has 0 atom stereocenters. The van der Waals surface area contributed by atoms with Crippen molar-refractivity contribution in [1.29, 1.82) is 0 Å². The molecule has 1 aliphatic heterocycles. The third kappa shape index (κ3) is 2.69. The molecule has 0 saturated heterocycles. The van der Waals surface area contributed by atoms with Crippen molar-refractivity contribution in [3.63, 3.8) is 0 Å². The molecular formula is C19H15ClFN5O2. The van der Waals surface area contributed by atoms with Gasteiger partial charge in [-0.1, -0.05) is 29.8 Å². The first-order valence-corrected chi connectivity index (χ1v) is 8.66. The zero-order chi connectivity index (χ0) is 20.0. The molecule has 4 N–H and O–H groups in total. The Morgan fingerprint density at radius 1 is 1.32 bits per heavy atom. The fourth-order valence-electron chi connectivity index (χ4n) is 3.15. The van der Waals surface area contributed by atoms with E-state index in [4.69, 9.17) is 22.1 Å². The van der Waals surface area contributed by atoms with Gasteiger partial charge in [0, 0.05) is 22.2 Å². The molecule has 9 heteroatoms. The van der Waals surface area contributed by atoms with E-state index in [9.17, 15) is 4.79 Å². The van der Waals surface area contributed by atoms with E-state index in [-0.39, 0.29) is 16.9 Å². The molecule has 142 valence electrons. The number of anilines is 2. The lowest BCUT2D eigenvalue weighted by Gasteiger charge is -2.17. The van der Waals surface area contributed by atoms with Gasteiger partial charge in [-0.2, -0.15) is 5.10 Å². The molecule has 0 aliphatic carbocycles. The van der Waals surface area contributed by atoms with Crippen LogP contribution in [-0.2, 0) is 0 Å². The fourth-order valence-corrected chi connectivity index (χ4v) is 3.37. The minimum Gasteiger partial charge on any atom is -0.494 e. The second kappa shape index (κ2) is 6.65. The number of carbonyl (C=O) groups excluding carboxylic acids is 1. The van der Waals surface area contributed by atoms with Crippen molar-refractivity contribution < 1.29 is 13.9 Å². The molecule has 0 spiro atoms. The predicted molar refractivity (Wildman–Crippen MR) is 105 cm³/mol. The minimum atomic E-state index is -0.952. The van der Waals surface area contributed by atoms with Gasteiger partial charge < -0.3 is 15.8 Å². The van der Waals surface area contributed by atoms with E-state index in [0.29, 0.717) is 39.2 Å². The Labute approximate surface area is 164 Å². The van der Waals surface area contributed by atoms with Crippen LogP contribution in [0.25, 0.3) is 0 Å². The van der Waals surface area contributed by atoms with Crippen molar-refractivity contribution in [3.8, 4) is 5.75 Å². The second-order valence-corrected chi connectivity index (χ2v) is 6.57. The largest absolute Gasteiger partial charge is 0.494 e. The molecule has 0 radical (unpaired) electrons. The smallest absolute Gasteiger partial charge is 0.252 e. The van der Waals surface area contributed by atoms with Crippen molar-refractivity contribution in [1.82, 2.24) is 10.2 Å². The van der Waals surface area contributed by atoms with Crippen LogP contribution in [0, 0.1) is 12.7 Å². The Morgan fingerprint density at radius 3 is 2.75 bits per heavy atom. The van der Waals surface area contributed by atoms with Crippen LogP contribution in [0.3, 0.4) is 0 Å². The lowest BCUT2D eigenvalue weighted by atomic mass is 9.94. The highest BCUT2D eigenvalue weighted by Crippen LogP contribution is 2.41. The van der Waals surface area contributed by atoms with Crippen LogP contribution in [-0.4, -0.2) is 28.9 Å². The normalized spacial score (nSPS) is 12.4. The maximum Gasteiger partial charge on any atom is 0.252 e. The van der Waals surface area contributed by atoms with Gasteiger partial charge in [0.05, 0.1) is 29.8 Å². The number of hydrogen-bond acceptors (Lipinski definition) is 5. The van der Waals surface area contributed by atoms with Gasteiger partial charge in [0.2, 0.25) is 0 Å². The Bertz CT molecular complexity index is 1160. The third-order valence-electron chi connectivity index (χ3n) is 4.45. The van der Waals surface area contributed by atoms with Crippen LogP contribution < -0.4 is 15.8 Å². The number of benzene rings is 2. The van der Waals surface area contributed by atoms with Crippen molar-refractivity contribution in [2.45, 2.75) is 6.92 Å². The maximum atomic E-state index is 15.0. The highest BCUT2D eigenvalue weighted by molar-refractivity contribution is 6.36. The van der Waals surface area contributed by atoms with Crippen molar-refractivity contribution in [2.24, 2.45) is 10.7 Å². The molecule has 3 aromatic rings. The van der Waals surface area contributed by atoms with Crippen LogP contribution >= 0.6 is 11.6 Å². The summed E-state index contributed by atoms with van der Waals surface area (Å²) in [4.78, 5) is 16.9. The summed E-state index contributed by atoms with van der Waals surface area (Å²) in [6, 6.07) is 8.39. The first-order chi connectivity index (χ1) is 13.4. The number of rotatable bonds is 3. The number of halogens is 2. The summed E-state index contributed by atoms with van der Waals surface area (Å²) in [7, 11) is 1.31. The van der Waals surface area contributed by atoms with E-state index >= 15 is 4.39 Å². The topological polar surface area (TPSA) is 105 Å². The monoisotopic (exact) mass is 399 g/mol. The van der Waals surface area contributed by atoms with E-state index in [1.807, 2.05) is 0 Å². The van der Waals surface area contributed by atoms with Gasteiger partial charge in [-0.3, -0.25) is 9.89 Å². The quantitative estimate of drug-likeness (QED) is 0.486. The van der Waals surface area contributed by atoms with Crippen LogP contribution in [0.2, 0.25) is 5.02 Å². The number of methoxy groups -OCH3 is 1. The molecule has 4 rings (SSSR count). The fraction of sp³-hybridized carbons (Fsp3) is 0.105. The SMILES string of the molecule is COc1cc2c(c(C(N)=O)c1F)C(c1ccccc1Cl)=Nc1c(n[nH]c1C)N2. The van der Waals surface area contributed by atoms with Crippen LogP contribution in [0.15, 0.2) is 35.3 Å². The zero-order valence-corrected chi connectivity index (χ0v) is 15.7. The van der Waals surface area contributed by atoms with E-state index in [2.05, 4.69) is 20.5 Å². The van der Waals surface area contributed by atoms with E-state index < -0.39 is 11.7 Å². The minimum absolute atomic E-state index is 0.130. The summed E-state index contributed by atoms with van der Waals surface area (Å²) < 4.78 is 20.1. The number of amides is 1. The van der Waals surface area contributed by atoms with Gasteiger partial charge >= 0.3 is 0 Å². The number of fused-ring (bicyclic) bond motifs is 2. The van der Waals surface area contributed by atoms with Gasteiger partial charge in [0.1, 0.15) is 5.69 Å². The average Bonchev–Trinajstić information content (AvgIpc) is 2.91. The zero-order valence-electron chi connectivity index (χ0n) is 14.9. The first kappa shape index (κ1) is 18.0. The summed E-state index contributed by atoms with van der Waals surface area (Å²) in [6.45, 7) is 1.80. The lowest BCUT2D eigenvalue weighted by molar-refractivity contribution is 0.0995. The van der Waals surface area contributed by atoms with Crippen molar-refractivity contribution in [2.75, 3.05) is 12.4 Å². The number of nitrogens with one attached hydrogen (secondary N) is 2. The summed E-state index contributed by atoms with van der Waals surface area (Å²) in [5.74, 6) is -1.53. The van der Waals surface area contributed by atoms with Gasteiger partial charge in [0.15, 0.2) is 17.4 Å². The van der Waals surface area contributed by atoms with Crippen LogP contribution in [0.5, 0.6) is 5.75 Å². The van der Waals surface area contributed by atoms with Crippen LogP contribution in [0.4, 0.5) is 21.6 Å². The Kier molecular flexibility index (Phi) is 4.27. The summed E-state index contributed by atoms with van der Waals surface area (Å²) in [5.41, 5.74) is 7.77. The molecule has 28 heavy (non-hydrogen) atoms. The molecular weight excluding hydrogens is 385 g/mol. The molecule has 2 heterocycles. The highest BCUT2D eigenvalue weighted by Gasteiger charge is 2.30. The van der Waals surface area contributed by atoms with E-state index in [1.165, 1.54) is 13.2 Å². The van der Waals surface area contributed by atoms with Gasteiger partial charge in [-0.25, -0.2) is 9.38 Å². The number of aryl methyl sites for hydroxylation is 1. The summed E-state index contributed by atoms with van der Waals surface area (Å²) >= 11 is 6.39. The highest BCUT2D eigenvalue weighted by atomic mass is 35.5.